The first-order valence-corrected chi connectivity index (χ1v) is 9.98. The molecule has 4 heterocycles. The summed E-state index contributed by atoms with van der Waals surface area (Å²) in [5.41, 5.74) is 5.07. The summed E-state index contributed by atoms with van der Waals surface area (Å²) >= 11 is 0. The molecule has 2 aromatic carbocycles. The molecule has 0 saturated carbocycles. The molecule has 7 heteroatoms. The lowest BCUT2D eigenvalue weighted by atomic mass is 9.94. The summed E-state index contributed by atoms with van der Waals surface area (Å²) in [7, 11) is 0. The van der Waals surface area contributed by atoms with Gasteiger partial charge in [0.2, 0.25) is 5.91 Å². The van der Waals surface area contributed by atoms with Crippen LogP contribution in [0.1, 0.15) is 16.8 Å². The molecule has 1 atom stereocenters. The van der Waals surface area contributed by atoms with Crippen LogP contribution in [-0.4, -0.2) is 50.5 Å². The number of piperazine rings is 1. The molecule has 148 valence electrons. The van der Waals surface area contributed by atoms with Crippen LogP contribution in [0.4, 0.5) is 0 Å². The number of hydrogen-bond acceptors (Lipinski definition) is 3. The van der Waals surface area contributed by atoms with E-state index in [0.717, 1.165) is 38.6 Å². The molecule has 0 unspecified atom stereocenters. The molecule has 2 N–H and O–H groups in total. The average Bonchev–Trinajstić information content (AvgIpc) is 3.35. The number of rotatable bonds is 2. The van der Waals surface area contributed by atoms with Crippen molar-refractivity contribution >= 4 is 39.8 Å². The summed E-state index contributed by atoms with van der Waals surface area (Å²) in [5, 5.41) is 7.84. The molecular weight excluding hydrogens is 378 g/mol. The Balaban J connectivity index is 1.32. The Morgan fingerprint density at radius 1 is 0.967 bits per heavy atom. The standard InChI is InChI=1S/C23H19N5O2/c29-22-13-28(25-11-14-10-24-18-7-3-1-5-15(14)18)23(30)21-9-17-16-6-2-4-8-19(16)26-20(17)12-27(21)22/h1-8,10-11,21,24,26H,9,12-13H2/t21-/m1/s1. The molecule has 30 heavy (non-hydrogen) atoms. The minimum absolute atomic E-state index is 0.0379. The highest BCUT2D eigenvalue weighted by Crippen LogP contribution is 2.32. The SMILES string of the molecule is O=C1[C@H]2Cc3c([nH]c4ccccc34)CN2C(=O)CN1N=Cc1c[nH]c2ccccc12. The van der Waals surface area contributed by atoms with E-state index in [-0.39, 0.29) is 18.4 Å². The fourth-order valence-corrected chi connectivity index (χ4v) is 4.59. The van der Waals surface area contributed by atoms with E-state index < -0.39 is 6.04 Å². The maximum atomic E-state index is 13.2. The molecular formula is C23H19N5O2. The highest BCUT2D eigenvalue weighted by molar-refractivity contribution is 6.01. The van der Waals surface area contributed by atoms with E-state index in [9.17, 15) is 9.59 Å². The van der Waals surface area contributed by atoms with Gasteiger partial charge in [0.25, 0.3) is 5.91 Å². The molecule has 2 aliphatic rings. The van der Waals surface area contributed by atoms with E-state index in [2.05, 4.69) is 21.1 Å². The van der Waals surface area contributed by atoms with Crippen molar-refractivity contribution in [2.24, 2.45) is 5.10 Å². The van der Waals surface area contributed by atoms with Gasteiger partial charge in [-0.05, 0) is 17.7 Å². The van der Waals surface area contributed by atoms with E-state index in [4.69, 9.17) is 0 Å². The lowest BCUT2D eigenvalue weighted by Crippen LogP contribution is -2.60. The lowest BCUT2D eigenvalue weighted by molar-refractivity contribution is -0.157. The summed E-state index contributed by atoms with van der Waals surface area (Å²) < 4.78 is 0. The van der Waals surface area contributed by atoms with Crippen LogP contribution in [0, 0.1) is 0 Å². The Labute approximate surface area is 172 Å². The van der Waals surface area contributed by atoms with Gasteiger partial charge in [-0.25, -0.2) is 5.01 Å². The lowest BCUT2D eigenvalue weighted by Gasteiger charge is -2.40. The van der Waals surface area contributed by atoms with Crippen LogP contribution in [-0.2, 0) is 22.6 Å². The van der Waals surface area contributed by atoms with Crippen molar-refractivity contribution in [3.05, 3.63) is 71.5 Å². The summed E-state index contributed by atoms with van der Waals surface area (Å²) in [5.74, 6) is -0.221. The number of H-pyrrole nitrogens is 2. The van der Waals surface area contributed by atoms with E-state index in [0.29, 0.717) is 13.0 Å². The second-order valence-electron chi connectivity index (χ2n) is 7.80. The van der Waals surface area contributed by atoms with Crippen molar-refractivity contribution in [1.29, 1.82) is 0 Å². The second kappa shape index (κ2) is 6.32. The third kappa shape index (κ3) is 2.48. The van der Waals surface area contributed by atoms with Crippen LogP contribution < -0.4 is 0 Å². The van der Waals surface area contributed by atoms with Crippen LogP contribution >= 0.6 is 0 Å². The fraction of sp³-hybridized carbons (Fsp3) is 0.174. The second-order valence-corrected chi connectivity index (χ2v) is 7.80. The monoisotopic (exact) mass is 397 g/mol. The topological polar surface area (TPSA) is 84.6 Å². The average molecular weight is 397 g/mol. The van der Waals surface area contributed by atoms with E-state index in [1.54, 1.807) is 11.1 Å². The number of para-hydroxylation sites is 2. The Bertz CT molecular complexity index is 1350. The minimum atomic E-state index is -0.516. The zero-order valence-electron chi connectivity index (χ0n) is 16.1. The number of benzene rings is 2. The minimum Gasteiger partial charge on any atom is -0.361 e. The van der Waals surface area contributed by atoms with Crippen molar-refractivity contribution in [3.63, 3.8) is 0 Å². The summed E-state index contributed by atoms with van der Waals surface area (Å²) in [6, 6.07) is 15.4. The molecule has 0 bridgehead atoms. The third-order valence-electron chi connectivity index (χ3n) is 6.11. The quantitative estimate of drug-likeness (QED) is 0.510. The molecule has 4 aromatic rings. The predicted octanol–water partition coefficient (Wildman–Crippen LogP) is 2.78. The first kappa shape index (κ1) is 17.0. The summed E-state index contributed by atoms with van der Waals surface area (Å²) in [6.07, 6.45) is 4.01. The van der Waals surface area contributed by atoms with Gasteiger partial charge in [-0.3, -0.25) is 9.59 Å². The zero-order chi connectivity index (χ0) is 20.2. The summed E-state index contributed by atoms with van der Waals surface area (Å²) in [4.78, 5) is 34.3. The zero-order valence-corrected chi connectivity index (χ0v) is 16.1. The molecule has 0 spiro atoms. The van der Waals surface area contributed by atoms with E-state index in [1.807, 2.05) is 48.7 Å². The predicted molar refractivity (Wildman–Crippen MR) is 114 cm³/mol. The first-order chi connectivity index (χ1) is 14.7. The normalized spacial score (nSPS) is 19.1. The van der Waals surface area contributed by atoms with Gasteiger partial charge in [-0.15, -0.1) is 0 Å². The highest BCUT2D eigenvalue weighted by atomic mass is 16.2. The maximum Gasteiger partial charge on any atom is 0.266 e. The first-order valence-electron chi connectivity index (χ1n) is 9.98. The van der Waals surface area contributed by atoms with Crippen LogP contribution in [0.2, 0.25) is 0 Å². The van der Waals surface area contributed by atoms with Crippen LogP contribution in [0.15, 0.2) is 59.8 Å². The highest BCUT2D eigenvalue weighted by Gasteiger charge is 2.43. The smallest absolute Gasteiger partial charge is 0.266 e. The molecule has 1 fully saturated rings. The Morgan fingerprint density at radius 3 is 2.60 bits per heavy atom. The van der Waals surface area contributed by atoms with Crippen molar-refractivity contribution in [3.8, 4) is 0 Å². The third-order valence-corrected chi connectivity index (χ3v) is 6.11. The van der Waals surface area contributed by atoms with Gasteiger partial charge in [0.1, 0.15) is 12.6 Å². The molecule has 1 saturated heterocycles. The largest absolute Gasteiger partial charge is 0.361 e. The van der Waals surface area contributed by atoms with Crippen LogP contribution in [0.3, 0.4) is 0 Å². The van der Waals surface area contributed by atoms with E-state index >= 15 is 0 Å². The molecule has 6 rings (SSSR count). The Morgan fingerprint density at radius 2 is 1.73 bits per heavy atom. The molecule has 2 aliphatic heterocycles. The maximum absolute atomic E-state index is 13.2. The number of nitrogens with zero attached hydrogens (tertiary/aromatic N) is 3. The van der Waals surface area contributed by atoms with Crippen LogP contribution in [0.5, 0.6) is 0 Å². The number of carbonyl (C=O) groups excluding carboxylic acids is 2. The Hall–Kier alpha value is -3.87. The van der Waals surface area contributed by atoms with Gasteiger partial charge >= 0.3 is 0 Å². The van der Waals surface area contributed by atoms with Crippen molar-refractivity contribution in [2.75, 3.05) is 6.54 Å². The number of amides is 2. The number of hydrazone groups is 1. The molecule has 2 aromatic heterocycles. The fourth-order valence-electron chi connectivity index (χ4n) is 4.59. The van der Waals surface area contributed by atoms with Crippen molar-refractivity contribution in [2.45, 2.75) is 19.0 Å². The number of aromatic nitrogens is 2. The molecule has 2 amide bonds. The molecule has 7 nitrogen and oxygen atoms in total. The van der Waals surface area contributed by atoms with Gasteiger partial charge in [0, 0.05) is 45.7 Å². The van der Waals surface area contributed by atoms with Crippen molar-refractivity contribution in [1.82, 2.24) is 19.9 Å². The Kier molecular flexibility index (Phi) is 3.59. The number of fused-ring (bicyclic) bond motifs is 5. The van der Waals surface area contributed by atoms with Crippen LogP contribution in [0.25, 0.3) is 21.8 Å². The number of nitrogens with one attached hydrogen (secondary N) is 2. The van der Waals surface area contributed by atoms with Gasteiger partial charge in [-0.1, -0.05) is 36.4 Å². The van der Waals surface area contributed by atoms with Crippen molar-refractivity contribution < 1.29 is 9.59 Å². The summed E-state index contributed by atoms with van der Waals surface area (Å²) in [6.45, 7) is 0.392. The number of carbonyl (C=O) groups is 2. The molecule has 0 radical (unpaired) electrons. The van der Waals surface area contributed by atoms with Gasteiger partial charge < -0.3 is 14.9 Å². The van der Waals surface area contributed by atoms with E-state index in [1.165, 1.54) is 5.01 Å². The van der Waals surface area contributed by atoms with Gasteiger partial charge in [-0.2, -0.15) is 5.10 Å². The number of hydrogen-bond donors (Lipinski definition) is 2. The number of aromatic amines is 2. The van der Waals surface area contributed by atoms with Gasteiger partial charge in [0.05, 0.1) is 12.8 Å². The van der Waals surface area contributed by atoms with Gasteiger partial charge in [0.15, 0.2) is 0 Å². The molecule has 0 aliphatic carbocycles.